The van der Waals surface area contributed by atoms with Crippen molar-refractivity contribution in [3.05, 3.63) is 0 Å². The van der Waals surface area contributed by atoms with Crippen LogP contribution in [0.2, 0.25) is 0 Å². The maximum atomic E-state index is 11.0. The normalized spacial score (nSPS) is 16.7. The zero-order valence-corrected chi connectivity index (χ0v) is 11.3. The summed E-state index contributed by atoms with van der Waals surface area (Å²) < 4.78 is 22.0. The SMILES string of the molecule is CNCC(C)C(C)N(C)CCS(C)(=O)=O. The van der Waals surface area contributed by atoms with E-state index in [1.807, 2.05) is 14.1 Å². The Morgan fingerprint density at radius 2 is 1.87 bits per heavy atom. The molecular weight excluding hydrogens is 212 g/mol. The Morgan fingerprint density at radius 1 is 1.33 bits per heavy atom. The summed E-state index contributed by atoms with van der Waals surface area (Å²) in [5.41, 5.74) is 0. The zero-order valence-electron chi connectivity index (χ0n) is 10.4. The second-order valence-electron chi connectivity index (χ2n) is 4.39. The molecule has 15 heavy (non-hydrogen) atoms. The summed E-state index contributed by atoms with van der Waals surface area (Å²) in [6.45, 7) is 5.85. The lowest BCUT2D eigenvalue weighted by Crippen LogP contribution is -2.40. The molecule has 5 heteroatoms. The van der Waals surface area contributed by atoms with Gasteiger partial charge in [0.05, 0.1) is 5.75 Å². The predicted octanol–water partition coefficient (Wildman–Crippen LogP) is 0.207. The van der Waals surface area contributed by atoms with Crippen LogP contribution in [0.5, 0.6) is 0 Å². The number of hydrogen-bond donors (Lipinski definition) is 1. The molecule has 0 amide bonds. The van der Waals surface area contributed by atoms with E-state index in [0.717, 1.165) is 6.54 Å². The highest BCUT2D eigenvalue weighted by molar-refractivity contribution is 7.90. The largest absolute Gasteiger partial charge is 0.319 e. The number of sulfone groups is 1. The van der Waals surface area contributed by atoms with Crippen LogP contribution in [0.3, 0.4) is 0 Å². The van der Waals surface area contributed by atoms with Crippen LogP contribution in [0, 0.1) is 5.92 Å². The smallest absolute Gasteiger partial charge is 0.148 e. The van der Waals surface area contributed by atoms with Gasteiger partial charge in [0, 0.05) is 18.8 Å². The molecule has 0 heterocycles. The summed E-state index contributed by atoms with van der Waals surface area (Å²) >= 11 is 0. The van der Waals surface area contributed by atoms with Gasteiger partial charge in [0.1, 0.15) is 9.84 Å². The Hall–Kier alpha value is -0.130. The van der Waals surface area contributed by atoms with Gasteiger partial charge in [0.15, 0.2) is 0 Å². The molecule has 1 N–H and O–H groups in total. The van der Waals surface area contributed by atoms with Crippen LogP contribution in [0.25, 0.3) is 0 Å². The quantitative estimate of drug-likeness (QED) is 0.686. The van der Waals surface area contributed by atoms with E-state index in [1.54, 1.807) is 0 Å². The average Bonchev–Trinajstić information content (AvgIpc) is 2.12. The lowest BCUT2D eigenvalue weighted by Gasteiger charge is -2.29. The fraction of sp³-hybridized carbons (Fsp3) is 1.00. The van der Waals surface area contributed by atoms with Crippen LogP contribution in [-0.4, -0.2) is 58.6 Å². The Labute approximate surface area is 94.0 Å². The number of nitrogens with zero attached hydrogens (tertiary/aromatic N) is 1. The average molecular weight is 236 g/mol. The topological polar surface area (TPSA) is 49.4 Å². The third-order valence-electron chi connectivity index (χ3n) is 2.86. The molecule has 0 radical (unpaired) electrons. The van der Waals surface area contributed by atoms with Crippen molar-refractivity contribution in [1.82, 2.24) is 10.2 Å². The van der Waals surface area contributed by atoms with Gasteiger partial charge in [0.25, 0.3) is 0 Å². The summed E-state index contributed by atoms with van der Waals surface area (Å²) in [5.74, 6) is 0.750. The fourth-order valence-corrected chi connectivity index (χ4v) is 2.06. The van der Waals surface area contributed by atoms with E-state index in [-0.39, 0.29) is 5.75 Å². The van der Waals surface area contributed by atoms with E-state index in [9.17, 15) is 8.42 Å². The minimum absolute atomic E-state index is 0.236. The van der Waals surface area contributed by atoms with Crippen LogP contribution in [-0.2, 0) is 9.84 Å². The van der Waals surface area contributed by atoms with Crippen molar-refractivity contribution in [2.45, 2.75) is 19.9 Å². The molecule has 0 fully saturated rings. The molecule has 2 unspecified atom stereocenters. The third-order valence-corrected chi connectivity index (χ3v) is 3.78. The fourth-order valence-electron chi connectivity index (χ4n) is 1.44. The van der Waals surface area contributed by atoms with E-state index >= 15 is 0 Å². The number of rotatable bonds is 7. The highest BCUT2D eigenvalue weighted by Crippen LogP contribution is 2.08. The van der Waals surface area contributed by atoms with Gasteiger partial charge in [-0.25, -0.2) is 8.42 Å². The van der Waals surface area contributed by atoms with Crippen LogP contribution >= 0.6 is 0 Å². The highest BCUT2D eigenvalue weighted by Gasteiger charge is 2.17. The number of nitrogens with one attached hydrogen (secondary N) is 1. The predicted molar refractivity (Wildman–Crippen MR) is 64.9 cm³/mol. The van der Waals surface area contributed by atoms with E-state index in [2.05, 4.69) is 24.1 Å². The first-order valence-electron chi connectivity index (χ1n) is 5.30. The first-order valence-corrected chi connectivity index (χ1v) is 7.36. The lowest BCUT2D eigenvalue weighted by atomic mass is 10.0. The van der Waals surface area contributed by atoms with Gasteiger partial charge in [-0.1, -0.05) is 6.92 Å². The monoisotopic (exact) mass is 236 g/mol. The van der Waals surface area contributed by atoms with Crippen LogP contribution < -0.4 is 5.32 Å². The van der Waals surface area contributed by atoms with Crippen molar-refractivity contribution in [3.8, 4) is 0 Å². The minimum Gasteiger partial charge on any atom is -0.319 e. The van der Waals surface area contributed by atoms with Gasteiger partial charge < -0.3 is 10.2 Å². The minimum atomic E-state index is -2.85. The van der Waals surface area contributed by atoms with E-state index in [1.165, 1.54) is 6.26 Å². The molecule has 92 valence electrons. The highest BCUT2D eigenvalue weighted by atomic mass is 32.2. The Bertz CT molecular complexity index is 265. The summed E-state index contributed by atoms with van der Waals surface area (Å²) in [5, 5.41) is 3.13. The van der Waals surface area contributed by atoms with Crippen molar-refractivity contribution in [2.24, 2.45) is 5.92 Å². The standard InChI is InChI=1S/C10H24N2O2S/c1-9(8-11-3)10(2)12(4)6-7-15(5,13)14/h9-11H,6-8H2,1-5H3. The molecule has 0 rings (SSSR count). The summed E-state index contributed by atoms with van der Waals surface area (Å²) in [4.78, 5) is 2.10. The maximum Gasteiger partial charge on any atom is 0.148 e. The van der Waals surface area contributed by atoms with Crippen molar-refractivity contribution in [2.75, 3.05) is 39.2 Å². The van der Waals surface area contributed by atoms with Gasteiger partial charge in [-0.05, 0) is 33.5 Å². The molecule has 0 saturated heterocycles. The lowest BCUT2D eigenvalue weighted by molar-refractivity contribution is 0.207. The zero-order chi connectivity index (χ0) is 12.1. The molecular formula is C10H24N2O2S. The van der Waals surface area contributed by atoms with Gasteiger partial charge in [-0.3, -0.25) is 0 Å². The molecule has 0 saturated carbocycles. The molecule has 0 spiro atoms. The maximum absolute atomic E-state index is 11.0. The van der Waals surface area contributed by atoms with Gasteiger partial charge in [-0.2, -0.15) is 0 Å². The molecule has 0 aromatic rings. The molecule has 0 aromatic carbocycles. The van der Waals surface area contributed by atoms with E-state index in [4.69, 9.17) is 0 Å². The first kappa shape index (κ1) is 14.9. The van der Waals surface area contributed by atoms with Crippen LogP contribution in [0.4, 0.5) is 0 Å². The molecule has 0 aliphatic carbocycles. The Morgan fingerprint density at radius 3 is 2.27 bits per heavy atom. The second kappa shape index (κ2) is 6.45. The Kier molecular flexibility index (Phi) is 6.40. The molecule has 0 aromatic heterocycles. The van der Waals surface area contributed by atoms with Crippen LogP contribution in [0.15, 0.2) is 0 Å². The molecule has 0 aliphatic rings. The second-order valence-corrected chi connectivity index (χ2v) is 6.65. The number of hydrogen-bond acceptors (Lipinski definition) is 4. The van der Waals surface area contributed by atoms with Gasteiger partial charge in [0.2, 0.25) is 0 Å². The van der Waals surface area contributed by atoms with E-state index in [0.29, 0.717) is 18.5 Å². The molecule has 4 nitrogen and oxygen atoms in total. The van der Waals surface area contributed by atoms with Crippen molar-refractivity contribution in [1.29, 1.82) is 0 Å². The molecule has 0 bridgehead atoms. The van der Waals surface area contributed by atoms with Crippen molar-refractivity contribution < 1.29 is 8.42 Å². The van der Waals surface area contributed by atoms with Gasteiger partial charge >= 0.3 is 0 Å². The van der Waals surface area contributed by atoms with Crippen molar-refractivity contribution in [3.63, 3.8) is 0 Å². The summed E-state index contributed by atoms with van der Waals surface area (Å²) in [6.07, 6.45) is 1.28. The molecule has 0 aliphatic heterocycles. The Balaban J connectivity index is 4.04. The van der Waals surface area contributed by atoms with E-state index < -0.39 is 9.84 Å². The van der Waals surface area contributed by atoms with Gasteiger partial charge in [-0.15, -0.1) is 0 Å². The van der Waals surface area contributed by atoms with Crippen LogP contribution in [0.1, 0.15) is 13.8 Å². The third kappa shape index (κ3) is 6.87. The summed E-state index contributed by atoms with van der Waals surface area (Å²) in [7, 11) is 1.06. The summed E-state index contributed by atoms with van der Waals surface area (Å²) in [6, 6.07) is 0.388. The molecule has 2 atom stereocenters. The van der Waals surface area contributed by atoms with Crippen molar-refractivity contribution >= 4 is 9.84 Å². The first-order chi connectivity index (χ1) is 6.78.